The van der Waals surface area contributed by atoms with Gasteiger partial charge in [-0.05, 0) is 58.3 Å². The van der Waals surface area contributed by atoms with Crippen LogP contribution in [0.1, 0.15) is 52.9 Å². The number of hydrogen-bond acceptors (Lipinski definition) is 4. The Morgan fingerprint density at radius 3 is 2.39 bits per heavy atom. The molecule has 18 heavy (non-hydrogen) atoms. The molecule has 1 unspecified atom stereocenters. The number of esters is 1. The first-order valence-corrected chi connectivity index (χ1v) is 7.50. The molecule has 0 aromatic rings. The Kier molecular flexibility index (Phi) is 5.99. The Bertz CT molecular complexity index is 265. The highest BCUT2D eigenvalue weighted by Crippen LogP contribution is 2.37. The monoisotopic (exact) mass is 274 g/mol. The van der Waals surface area contributed by atoms with Crippen LogP contribution in [0.2, 0.25) is 0 Å². The summed E-state index contributed by atoms with van der Waals surface area (Å²) in [6.07, 6.45) is 4.46. The maximum absolute atomic E-state index is 11.4. The van der Waals surface area contributed by atoms with Crippen LogP contribution in [0.3, 0.4) is 0 Å². The maximum atomic E-state index is 11.4. The molecule has 1 atom stereocenters. The first-order valence-electron chi connectivity index (χ1n) is 6.87. The normalized spacial score (nSPS) is 26.7. The van der Waals surface area contributed by atoms with E-state index in [-0.39, 0.29) is 12.1 Å². The lowest BCUT2D eigenvalue weighted by molar-refractivity contribution is -0.151. The average molecular weight is 274 g/mol. The summed E-state index contributed by atoms with van der Waals surface area (Å²) in [5, 5.41) is 9.99. The summed E-state index contributed by atoms with van der Waals surface area (Å²) < 4.78 is 5.40. The number of carbonyl (C=O) groups excluding carboxylic acids is 1. The van der Waals surface area contributed by atoms with Gasteiger partial charge in [0.25, 0.3) is 0 Å². The highest BCUT2D eigenvalue weighted by molar-refractivity contribution is 7.80. The van der Waals surface area contributed by atoms with Gasteiger partial charge in [-0.2, -0.15) is 12.6 Å². The third-order valence-corrected chi connectivity index (χ3v) is 4.29. The minimum Gasteiger partial charge on any atom is -0.462 e. The van der Waals surface area contributed by atoms with Gasteiger partial charge >= 0.3 is 5.97 Å². The molecule has 3 nitrogen and oxygen atoms in total. The van der Waals surface area contributed by atoms with Crippen molar-refractivity contribution < 1.29 is 14.6 Å². The van der Waals surface area contributed by atoms with E-state index < -0.39 is 5.60 Å². The summed E-state index contributed by atoms with van der Waals surface area (Å²) in [5.74, 6) is 1.19. The largest absolute Gasteiger partial charge is 0.462 e. The topological polar surface area (TPSA) is 46.5 Å². The average Bonchev–Trinajstić information content (AvgIpc) is 2.28. The maximum Gasteiger partial charge on any atom is 0.306 e. The number of ether oxygens (including phenoxy) is 1. The molecule has 1 rings (SSSR count). The second-order valence-electron chi connectivity index (χ2n) is 5.93. The van der Waals surface area contributed by atoms with Crippen molar-refractivity contribution in [2.24, 2.45) is 11.8 Å². The van der Waals surface area contributed by atoms with Gasteiger partial charge in [-0.1, -0.05) is 0 Å². The molecular weight excluding hydrogens is 248 g/mol. The van der Waals surface area contributed by atoms with E-state index in [0.717, 1.165) is 25.7 Å². The second-order valence-corrected chi connectivity index (χ2v) is 6.38. The van der Waals surface area contributed by atoms with Gasteiger partial charge in [0.2, 0.25) is 0 Å². The molecule has 0 aromatic heterocycles. The standard InChI is InChI=1S/C14H26O3S/c1-10(17-13(15)8-9-18)11-4-6-12(7-5-11)14(2,3)16/h10-12,16,18H,4-9H2,1-3H3. The Morgan fingerprint density at radius 1 is 1.39 bits per heavy atom. The van der Waals surface area contributed by atoms with Crippen molar-refractivity contribution in [3.05, 3.63) is 0 Å². The van der Waals surface area contributed by atoms with E-state index in [1.807, 2.05) is 20.8 Å². The van der Waals surface area contributed by atoms with Crippen molar-refractivity contribution in [1.82, 2.24) is 0 Å². The first kappa shape index (κ1) is 15.8. The second kappa shape index (κ2) is 6.80. The number of carbonyl (C=O) groups is 1. The fourth-order valence-corrected chi connectivity index (χ4v) is 2.93. The number of rotatable bonds is 5. The number of aliphatic hydroxyl groups is 1. The molecule has 0 radical (unpaired) electrons. The van der Waals surface area contributed by atoms with E-state index in [9.17, 15) is 9.90 Å². The fourth-order valence-electron chi connectivity index (χ4n) is 2.75. The van der Waals surface area contributed by atoms with Crippen molar-refractivity contribution in [2.45, 2.75) is 64.6 Å². The summed E-state index contributed by atoms with van der Waals surface area (Å²) >= 11 is 4.02. The molecule has 106 valence electrons. The van der Waals surface area contributed by atoms with E-state index in [2.05, 4.69) is 12.6 Å². The Morgan fingerprint density at radius 2 is 1.94 bits per heavy atom. The Labute approximate surface area is 116 Å². The van der Waals surface area contributed by atoms with Crippen LogP contribution in [0.5, 0.6) is 0 Å². The van der Waals surface area contributed by atoms with E-state index in [1.165, 1.54) is 0 Å². The molecule has 1 saturated carbocycles. The third kappa shape index (κ3) is 4.81. The molecule has 0 bridgehead atoms. The van der Waals surface area contributed by atoms with Crippen LogP contribution in [-0.2, 0) is 9.53 Å². The predicted octanol–water partition coefficient (Wildman–Crippen LogP) is 2.82. The molecule has 0 aliphatic heterocycles. The van der Waals surface area contributed by atoms with E-state index in [0.29, 0.717) is 24.0 Å². The summed E-state index contributed by atoms with van der Waals surface area (Å²) in [5.41, 5.74) is -0.586. The van der Waals surface area contributed by atoms with Gasteiger partial charge in [-0.3, -0.25) is 4.79 Å². The van der Waals surface area contributed by atoms with Crippen molar-refractivity contribution in [3.8, 4) is 0 Å². The van der Waals surface area contributed by atoms with Crippen LogP contribution in [0, 0.1) is 11.8 Å². The fraction of sp³-hybridized carbons (Fsp3) is 0.929. The van der Waals surface area contributed by atoms with Crippen molar-refractivity contribution in [3.63, 3.8) is 0 Å². The smallest absolute Gasteiger partial charge is 0.306 e. The molecule has 1 aliphatic carbocycles. The molecule has 0 aromatic carbocycles. The highest BCUT2D eigenvalue weighted by atomic mass is 32.1. The van der Waals surface area contributed by atoms with Crippen molar-refractivity contribution >= 4 is 18.6 Å². The van der Waals surface area contributed by atoms with Gasteiger partial charge in [0.15, 0.2) is 0 Å². The van der Waals surface area contributed by atoms with Gasteiger partial charge in [0, 0.05) is 5.75 Å². The van der Waals surface area contributed by atoms with Gasteiger partial charge < -0.3 is 9.84 Å². The molecule has 0 heterocycles. The predicted molar refractivity (Wildman–Crippen MR) is 75.8 cm³/mol. The summed E-state index contributed by atoms with van der Waals surface area (Å²) in [6, 6.07) is 0. The number of thiol groups is 1. The summed E-state index contributed by atoms with van der Waals surface area (Å²) in [6.45, 7) is 5.74. The first-order chi connectivity index (χ1) is 8.34. The zero-order chi connectivity index (χ0) is 13.8. The van der Waals surface area contributed by atoms with Gasteiger partial charge in [0.1, 0.15) is 6.10 Å². The van der Waals surface area contributed by atoms with Crippen LogP contribution >= 0.6 is 12.6 Å². The molecule has 4 heteroatoms. The van der Waals surface area contributed by atoms with E-state index in [1.54, 1.807) is 0 Å². The molecular formula is C14H26O3S. The molecule has 0 spiro atoms. The van der Waals surface area contributed by atoms with Gasteiger partial charge in [0.05, 0.1) is 12.0 Å². The SMILES string of the molecule is CC(OC(=O)CCS)C1CCC(C(C)(C)O)CC1. The highest BCUT2D eigenvalue weighted by Gasteiger charge is 2.33. The molecule has 1 aliphatic rings. The Hall–Kier alpha value is -0.220. The van der Waals surface area contributed by atoms with Crippen LogP contribution < -0.4 is 0 Å². The third-order valence-electron chi connectivity index (χ3n) is 4.07. The van der Waals surface area contributed by atoms with E-state index in [4.69, 9.17) is 4.74 Å². The lowest BCUT2D eigenvalue weighted by atomic mass is 9.73. The number of hydrogen-bond donors (Lipinski definition) is 2. The lowest BCUT2D eigenvalue weighted by Crippen LogP contribution is -2.36. The van der Waals surface area contributed by atoms with Gasteiger partial charge in [-0.15, -0.1) is 0 Å². The minimum atomic E-state index is -0.586. The lowest BCUT2D eigenvalue weighted by Gasteiger charge is -2.37. The van der Waals surface area contributed by atoms with E-state index >= 15 is 0 Å². The van der Waals surface area contributed by atoms with Crippen molar-refractivity contribution in [2.75, 3.05) is 5.75 Å². The van der Waals surface area contributed by atoms with Crippen LogP contribution in [0.15, 0.2) is 0 Å². The molecule has 1 N–H and O–H groups in total. The summed E-state index contributed by atoms with van der Waals surface area (Å²) in [7, 11) is 0. The van der Waals surface area contributed by atoms with Crippen LogP contribution in [-0.4, -0.2) is 28.5 Å². The molecule has 1 fully saturated rings. The zero-order valence-corrected chi connectivity index (χ0v) is 12.6. The molecule has 0 saturated heterocycles. The molecule has 0 amide bonds. The Balaban J connectivity index is 2.36. The van der Waals surface area contributed by atoms with Crippen LogP contribution in [0.4, 0.5) is 0 Å². The van der Waals surface area contributed by atoms with Crippen LogP contribution in [0.25, 0.3) is 0 Å². The van der Waals surface area contributed by atoms with Gasteiger partial charge in [-0.25, -0.2) is 0 Å². The zero-order valence-electron chi connectivity index (χ0n) is 11.7. The quantitative estimate of drug-likeness (QED) is 0.598. The minimum absolute atomic E-state index is 0.0138. The summed E-state index contributed by atoms with van der Waals surface area (Å²) in [4.78, 5) is 11.4. The van der Waals surface area contributed by atoms with Crippen molar-refractivity contribution in [1.29, 1.82) is 0 Å².